The number of pyridine rings is 1. The first-order chi connectivity index (χ1) is 8.70. The van der Waals surface area contributed by atoms with Crippen LogP contribution < -0.4 is 0 Å². The van der Waals surface area contributed by atoms with Crippen LogP contribution in [-0.2, 0) is 0 Å². The monoisotopic (exact) mass is 256 g/mol. The zero-order valence-corrected chi connectivity index (χ0v) is 10.1. The van der Waals surface area contributed by atoms with E-state index in [0.29, 0.717) is 11.3 Å². The lowest BCUT2D eigenvalue weighted by Crippen LogP contribution is -1.85. The van der Waals surface area contributed by atoms with Gasteiger partial charge in [0, 0.05) is 6.20 Å². The highest BCUT2D eigenvalue weighted by molar-refractivity contribution is 6.32. The molecule has 18 heavy (non-hydrogen) atoms. The van der Waals surface area contributed by atoms with E-state index < -0.39 is 0 Å². The van der Waals surface area contributed by atoms with Gasteiger partial charge in [-0.1, -0.05) is 23.7 Å². The van der Waals surface area contributed by atoms with E-state index in [9.17, 15) is 5.11 Å². The summed E-state index contributed by atoms with van der Waals surface area (Å²) < 4.78 is 0. The number of rotatable bonds is 2. The van der Waals surface area contributed by atoms with E-state index in [1.54, 1.807) is 36.5 Å². The number of phenols is 1. The molecule has 1 aromatic carbocycles. The van der Waals surface area contributed by atoms with Gasteiger partial charge in [-0.05, 0) is 35.9 Å². The largest absolute Gasteiger partial charge is 0.506 e. The third-order valence-electron chi connectivity index (χ3n) is 2.34. The predicted molar refractivity (Wildman–Crippen MR) is 70.8 cm³/mol. The Hall–Kier alpha value is -2.31. The molecule has 0 amide bonds. The second-order valence-electron chi connectivity index (χ2n) is 3.60. The molecule has 0 unspecified atom stereocenters. The number of phenolic OH excluding ortho intramolecular Hbond substituents is 1. The third kappa shape index (κ3) is 2.68. The predicted octanol–water partition coefficient (Wildman–Crippen LogP) is 3.50. The summed E-state index contributed by atoms with van der Waals surface area (Å²) in [5, 5.41) is 18.7. The van der Waals surface area contributed by atoms with Gasteiger partial charge in [-0.3, -0.25) is 4.98 Å². The Morgan fingerprint density at radius 3 is 2.78 bits per heavy atom. The first kappa shape index (κ1) is 12.2. The van der Waals surface area contributed by atoms with Gasteiger partial charge in [0.15, 0.2) is 0 Å². The average molecular weight is 257 g/mol. The van der Waals surface area contributed by atoms with Crippen LogP contribution in [0.2, 0.25) is 5.02 Å². The molecule has 0 bridgehead atoms. The van der Waals surface area contributed by atoms with Crippen LogP contribution in [0.1, 0.15) is 11.3 Å². The third-order valence-corrected chi connectivity index (χ3v) is 2.65. The molecule has 0 radical (unpaired) electrons. The zero-order chi connectivity index (χ0) is 13.0. The summed E-state index contributed by atoms with van der Waals surface area (Å²) in [5.74, 6) is 0.0187. The minimum atomic E-state index is 0.0187. The Bertz CT molecular complexity index is 630. The van der Waals surface area contributed by atoms with Crippen molar-refractivity contribution in [1.82, 2.24) is 4.98 Å². The summed E-state index contributed by atoms with van der Waals surface area (Å²) in [6.45, 7) is 0. The summed E-state index contributed by atoms with van der Waals surface area (Å²) in [6, 6.07) is 12.2. The van der Waals surface area contributed by atoms with Gasteiger partial charge in [-0.25, -0.2) is 0 Å². The van der Waals surface area contributed by atoms with E-state index in [1.807, 2.05) is 6.07 Å². The molecule has 88 valence electrons. The van der Waals surface area contributed by atoms with Crippen molar-refractivity contribution in [3.63, 3.8) is 0 Å². The molecule has 1 heterocycles. The van der Waals surface area contributed by atoms with Gasteiger partial charge >= 0.3 is 0 Å². The number of hydrogen-bond acceptors (Lipinski definition) is 3. The lowest BCUT2D eigenvalue weighted by Gasteiger charge is -2.00. The van der Waals surface area contributed by atoms with Crippen molar-refractivity contribution in [3.05, 3.63) is 58.9 Å². The fraction of sp³-hybridized carbons (Fsp3) is 0. The number of aromatic nitrogens is 1. The van der Waals surface area contributed by atoms with Crippen molar-refractivity contribution in [2.24, 2.45) is 0 Å². The van der Waals surface area contributed by atoms with Crippen molar-refractivity contribution in [3.8, 4) is 11.8 Å². The molecule has 0 atom stereocenters. The molecule has 0 saturated heterocycles. The SMILES string of the molecule is N#C/C(=C\c1ccc(O)c(Cl)c1)c1ccccn1. The van der Waals surface area contributed by atoms with Crippen molar-refractivity contribution in [2.45, 2.75) is 0 Å². The lowest BCUT2D eigenvalue weighted by molar-refractivity contribution is 0.475. The number of nitrogens with zero attached hydrogens (tertiary/aromatic N) is 2. The topological polar surface area (TPSA) is 56.9 Å². The van der Waals surface area contributed by atoms with Crippen molar-refractivity contribution in [2.75, 3.05) is 0 Å². The van der Waals surface area contributed by atoms with E-state index in [2.05, 4.69) is 11.1 Å². The van der Waals surface area contributed by atoms with Gasteiger partial charge in [0.05, 0.1) is 16.3 Å². The number of aromatic hydroxyl groups is 1. The van der Waals surface area contributed by atoms with Gasteiger partial charge in [0.25, 0.3) is 0 Å². The molecule has 0 aliphatic carbocycles. The van der Waals surface area contributed by atoms with Crippen LogP contribution in [0.5, 0.6) is 5.75 Å². The Kier molecular flexibility index (Phi) is 3.61. The Morgan fingerprint density at radius 1 is 1.33 bits per heavy atom. The smallest absolute Gasteiger partial charge is 0.134 e. The summed E-state index contributed by atoms with van der Waals surface area (Å²) >= 11 is 5.81. The van der Waals surface area contributed by atoms with Gasteiger partial charge in [-0.2, -0.15) is 5.26 Å². The first-order valence-electron chi connectivity index (χ1n) is 5.22. The number of halogens is 1. The number of nitriles is 1. The van der Waals surface area contributed by atoms with Crippen LogP contribution in [0.4, 0.5) is 0 Å². The number of allylic oxidation sites excluding steroid dienone is 1. The van der Waals surface area contributed by atoms with Crippen molar-refractivity contribution >= 4 is 23.3 Å². The van der Waals surface area contributed by atoms with Crippen molar-refractivity contribution < 1.29 is 5.11 Å². The molecule has 0 saturated carbocycles. The summed E-state index contributed by atoms with van der Waals surface area (Å²) in [7, 11) is 0. The number of hydrogen-bond donors (Lipinski definition) is 1. The van der Waals surface area contributed by atoms with E-state index in [1.165, 1.54) is 6.07 Å². The second kappa shape index (κ2) is 5.35. The first-order valence-corrected chi connectivity index (χ1v) is 5.60. The molecular weight excluding hydrogens is 248 g/mol. The molecule has 3 nitrogen and oxygen atoms in total. The molecule has 0 aliphatic rings. The molecule has 0 aliphatic heterocycles. The van der Waals surface area contributed by atoms with E-state index in [4.69, 9.17) is 16.9 Å². The maximum atomic E-state index is 9.32. The van der Waals surface area contributed by atoms with Crippen LogP contribution >= 0.6 is 11.6 Å². The quantitative estimate of drug-likeness (QED) is 0.837. The minimum Gasteiger partial charge on any atom is -0.506 e. The summed E-state index contributed by atoms with van der Waals surface area (Å²) in [4.78, 5) is 4.11. The Labute approximate surface area is 110 Å². The molecule has 1 aromatic heterocycles. The highest BCUT2D eigenvalue weighted by Gasteiger charge is 2.03. The molecule has 2 rings (SSSR count). The molecular formula is C14H9ClN2O. The maximum absolute atomic E-state index is 9.32. The average Bonchev–Trinajstić information content (AvgIpc) is 2.41. The Balaban J connectivity index is 2.42. The molecule has 1 N–H and O–H groups in total. The zero-order valence-electron chi connectivity index (χ0n) is 9.34. The van der Waals surface area contributed by atoms with Crippen LogP contribution in [-0.4, -0.2) is 10.1 Å². The van der Waals surface area contributed by atoms with E-state index in [-0.39, 0.29) is 10.8 Å². The van der Waals surface area contributed by atoms with E-state index >= 15 is 0 Å². The minimum absolute atomic E-state index is 0.0187. The van der Waals surface area contributed by atoms with Gasteiger partial charge in [0.1, 0.15) is 11.8 Å². The summed E-state index contributed by atoms with van der Waals surface area (Å²) in [5.41, 5.74) is 1.78. The number of benzene rings is 1. The fourth-order valence-electron chi connectivity index (χ4n) is 1.47. The lowest BCUT2D eigenvalue weighted by atomic mass is 10.1. The summed E-state index contributed by atoms with van der Waals surface area (Å²) in [6.07, 6.45) is 3.30. The van der Waals surface area contributed by atoms with Gasteiger partial charge < -0.3 is 5.11 Å². The van der Waals surface area contributed by atoms with Crippen LogP contribution in [0.3, 0.4) is 0 Å². The molecule has 0 spiro atoms. The van der Waals surface area contributed by atoms with Crippen LogP contribution in [0.25, 0.3) is 11.6 Å². The van der Waals surface area contributed by atoms with E-state index in [0.717, 1.165) is 5.56 Å². The highest BCUT2D eigenvalue weighted by Crippen LogP contribution is 2.25. The van der Waals surface area contributed by atoms with Gasteiger partial charge in [0.2, 0.25) is 0 Å². The van der Waals surface area contributed by atoms with Crippen LogP contribution in [0.15, 0.2) is 42.6 Å². The highest BCUT2D eigenvalue weighted by atomic mass is 35.5. The molecule has 0 fully saturated rings. The van der Waals surface area contributed by atoms with Gasteiger partial charge in [-0.15, -0.1) is 0 Å². The standard InChI is InChI=1S/C14H9ClN2O/c15-12-8-10(4-5-14(12)18)7-11(9-16)13-3-1-2-6-17-13/h1-8,18H/b11-7+. The van der Waals surface area contributed by atoms with Crippen LogP contribution in [0, 0.1) is 11.3 Å². The fourth-order valence-corrected chi connectivity index (χ4v) is 1.65. The van der Waals surface area contributed by atoms with Crippen molar-refractivity contribution in [1.29, 1.82) is 5.26 Å². The molecule has 4 heteroatoms. The normalized spacial score (nSPS) is 11.0. The second-order valence-corrected chi connectivity index (χ2v) is 4.00. The Morgan fingerprint density at radius 2 is 2.17 bits per heavy atom. The molecule has 2 aromatic rings. The maximum Gasteiger partial charge on any atom is 0.134 e.